The van der Waals surface area contributed by atoms with Gasteiger partial charge in [0, 0.05) is 63.7 Å². The number of aliphatic hydroxyl groups is 1. The predicted molar refractivity (Wildman–Crippen MR) is 179 cm³/mol. The van der Waals surface area contributed by atoms with Crippen LogP contribution in [0.4, 0.5) is 13.2 Å². The molecule has 50 heavy (non-hydrogen) atoms. The summed E-state index contributed by atoms with van der Waals surface area (Å²) in [5, 5.41) is 12.1. The van der Waals surface area contributed by atoms with Gasteiger partial charge in [-0.05, 0) is 48.6 Å². The number of piperidine rings is 2. The minimum atomic E-state index is -4.60. The average molecular weight is 706 g/mol. The van der Waals surface area contributed by atoms with Crippen molar-refractivity contribution in [2.24, 2.45) is 13.0 Å². The highest BCUT2D eigenvalue weighted by Crippen LogP contribution is 2.37. The largest absolute Gasteiger partial charge is 0.433 e. The van der Waals surface area contributed by atoms with E-state index in [1.807, 2.05) is 37.4 Å². The fraction of sp³-hybridized carbons (Fsp3) is 0.371. The van der Waals surface area contributed by atoms with Gasteiger partial charge in [-0.2, -0.15) is 13.2 Å². The van der Waals surface area contributed by atoms with Gasteiger partial charge in [0.2, 0.25) is 5.91 Å². The first-order chi connectivity index (χ1) is 23.9. The summed E-state index contributed by atoms with van der Waals surface area (Å²) in [4.78, 5) is 56.7. The molecule has 1 N–H and O–H groups in total. The summed E-state index contributed by atoms with van der Waals surface area (Å²) in [6.45, 7) is 1.27. The zero-order valence-corrected chi connectivity index (χ0v) is 27.9. The third kappa shape index (κ3) is 6.54. The van der Waals surface area contributed by atoms with E-state index in [9.17, 15) is 32.7 Å². The predicted octanol–water partition coefficient (Wildman–Crippen LogP) is 4.57. The van der Waals surface area contributed by atoms with Crippen molar-refractivity contribution in [2.75, 3.05) is 26.2 Å². The monoisotopic (exact) mass is 705 g/mol. The zero-order chi connectivity index (χ0) is 35.2. The van der Waals surface area contributed by atoms with E-state index in [2.05, 4.69) is 15.0 Å². The lowest BCUT2D eigenvalue weighted by atomic mass is 9.79. The molecule has 2 aliphatic rings. The van der Waals surface area contributed by atoms with Crippen LogP contribution in [0.25, 0.3) is 21.5 Å². The van der Waals surface area contributed by atoms with Gasteiger partial charge in [0.1, 0.15) is 17.7 Å². The second-order valence-electron chi connectivity index (χ2n) is 13.0. The van der Waals surface area contributed by atoms with Crippen molar-refractivity contribution >= 4 is 34.2 Å². The van der Waals surface area contributed by atoms with Gasteiger partial charge in [-0.1, -0.05) is 30.3 Å². The lowest BCUT2D eigenvalue weighted by Crippen LogP contribution is -2.53. The number of halogens is 3. The first kappa shape index (κ1) is 33.6. The van der Waals surface area contributed by atoms with Crippen molar-refractivity contribution in [2.45, 2.75) is 43.5 Å². The number of hydrogen-bond acceptors (Lipinski definition) is 8. The van der Waals surface area contributed by atoms with Gasteiger partial charge in [-0.3, -0.25) is 23.9 Å². The number of amides is 2. The molecule has 0 saturated carbocycles. The molecule has 0 aliphatic carbocycles. The van der Waals surface area contributed by atoms with Crippen LogP contribution in [0.2, 0.25) is 0 Å². The Hall–Kier alpha value is -4.89. The Balaban J connectivity index is 1.04. The number of fused-ring (bicyclic) bond motifs is 1. The molecular weight excluding hydrogens is 671 g/mol. The maximum absolute atomic E-state index is 14.1. The molecule has 0 unspecified atom stereocenters. The molecule has 1 aromatic carbocycles. The number of aromatic nitrogens is 5. The van der Waals surface area contributed by atoms with Gasteiger partial charge in [0.15, 0.2) is 5.01 Å². The van der Waals surface area contributed by atoms with Gasteiger partial charge in [0.05, 0.1) is 22.4 Å². The summed E-state index contributed by atoms with van der Waals surface area (Å²) >= 11 is 1.01. The number of alkyl halides is 3. The summed E-state index contributed by atoms with van der Waals surface area (Å²) in [7, 11) is 1.81. The van der Waals surface area contributed by atoms with Gasteiger partial charge < -0.3 is 19.5 Å². The lowest BCUT2D eigenvalue weighted by molar-refractivity contribution is -0.142. The minimum Gasteiger partial charge on any atom is -0.388 e. The summed E-state index contributed by atoms with van der Waals surface area (Å²) in [5.74, 6) is -1.12. The number of pyridine rings is 1. The molecule has 2 fully saturated rings. The van der Waals surface area contributed by atoms with Crippen molar-refractivity contribution < 1.29 is 27.9 Å². The molecule has 5 aromatic rings. The van der Waals surface area contributed by atoms with E-state index >= 15 is 0 Å². The Bertz CT molecular complexity index is 2100. The quantitative estimate of drug-likeness (QED) is 0.274. The van der Waals surface area contributed by atoms with Crippen LogP contribution in [0.3, 0.4) is 0 Å². The summed E-state index contributed by atoms with van der Waals surface area (Å²) in [6.07, 6.45) is 2.08. The van der Waals surface area contributed by atoms with Crippen molar-refractivity contribution in [3.05, 3.63) is 100 Å². The Kier molecular flexibility index (Phi) is 8.80. The number of likely N-dealkylation sites (tertiary alicyclic amines) is 2. The van der Waals surface area contributed by atoms with E-state index in [4.69, 9.17) is 0 Å². The smallest absolute Gasteiger partial charge is 0.388 e. The maximum atomic E-state index is 14.1. The van der Waals surface area contributed by atoms with Crippen molar-refractivity contribution in [3.63, 3.8) is 0 Å². The molecule has 2 saturated heterocycles. The van der Waals surface area contributed by atoms with Crippen LogP contribution < -0.4 is 5.56 Å². The summed E-state index contributed by atoms with van der Waals surface area (Å²) < 4.78 is 42.9. The molecule has 260 valence electrons. The number of nitrogens with zero attached hydrogens (tertiary/aromatic N) is 7. The lowest BCUT2D eigenvalue weighted by Gasteiger charge is -2.43. The molecule has 0 radical (unpaired) electrons. The third-order valence-corrected chi connectivity index (χ3v) is 10.8. The maximum Gasteiger partial charge on any atom is 0.433 e. The van der Waals surface area contributed by atoms with Crippen molar-refractivity contribution in [1.82, 2.24) is 33.9 Å². The third-order valence-electron chi connectivity index (χ3n) is 9.79. The van der Waals surface area contributed by atoms with Crippen LogP contribution in [0.5, 0.6) is 0 Å². The van der Waals surface area contributed by atoms with Gasteiger partial charge in [-0.15, -0.1) is 11.3 Å². The molecule has 0 bridgehead atoms. The Morgan fingerprint density at radius 2 is 1.78 bits per heavy atom. The molecule has 0 spiro atoms. The second-order valence-corrected chi connectivity index (χ2v) is 14.0. The topological polar surface area (TPSA) is 126 Å². The second kappa shape index (κ2) is 13.1. The Morgan fingerprint density at radius 3 is 2.52 bits per heavy atom. The molecule has 4 aromatic heterocycles. The van der Waals surface area contributed by atoms with Crippen LogP contribution >= 0.6 is 11.3 Å². The molecular formula is C35H34F3N7O4S. The highest BCUT2D eigenvalue weighted by molar-refractivity contribution is 7.16. The average Bonchev–Trinajstić information content (AvgIpc) is 3.77. The van der Waals surface area contributed by atoms with Crippen LogP contribution in [0.15, 0.2) is 78.2 Å². The van der Waals surface area contributed by atoms with Crippen LogP contribution in [-0.4, -0.2) is 82.6 Å². The zero-order valence-electron chi connectivity index (χ0n) is 27.1. The number of rotatable bonds is 6. The number of hydrogen-bond donors (Lipinski definition) is 1. The van der Waals surface area contributed by atoms with E-state index in [0.29, 0.717) is 54.8 Å². The number of aryl methyl sites for hydroxylation is 1. The minimum absolute atomic E-state index is 0.0489. The van der Waals surface area contributed by atoms with Crippen molar-refractivity contribution in [1.29, 1.82) is 0 Å². The molecule has 2 aliphatic heterocycles. The standard InChI is InChI=1S/C35H34F3N7O4S/c1-42-13-8-25-29(42)41-21-45(32(25)47)20-34(49)10-15-43(16-11-34)31(46)24-9-14-44(19-26(24)22-5-3-2-4-6-22)33(48)30-40-18-27(50-30)23-7-12-39-28(17-23)35(36,37)38/h2-8,12-13,17-18,21,24,26,49H,9-11,14-16,19-20H2,1H3/t24-,26+/m1/s1. The first-order valence-electron chi connectivity index (χ1n) is 16.3. The van der Waals surface area contributed by atoms with Gasteiger partial charge in [-0.25, -0.2) is 9.97 Å². The number of carbonyl (C=O) groups excluding carboxylic acids is 2. The molecule has 2 atom stereocenters. The van der Waals surface area contributed by atoms with Crippen molar-refractivity contribution in [3.8, 4) is 10.4 Å². The summed E-state index contributed by atoms with van der Waals surface area (Å²) in [6, 6.07) is 13.6. The van der Waals surface area contributed by atoms with E-state index in [1.165, 1.54) is 23.2 Å². The number of benzene rings is 1. The van der Waals surface area contributed by atoms with E-state index in [1.54, 1.807) is 26.6 Å². The van der Waals surface area contributed by atoms with E-state index in [-0.39, 0.29) is 47.0 Å². The molecule has 6 heterocycles. The van der Waals surface area contributed by atoms with Crippen LogP contribution in [0.1, 0.15) is 46.2 Å². The summed E-state index contributed by atoms with van der Waals surface area (Å²) in [5.41, 5.74) is -0.678. The fourth-order valence-electron chi connectivity index (χ4n) is 7.00. The molecule has 15 heteroatoms. The highest BCUT2D eigenvalue weighted by Gasteiger charge is 2.42. The Morgan fingerprint density at radius 1 is 1.02 bits per heavy atom. The number of thiazole rings is 1. The molecule has 11 nitrogen and oxygen atoms in total. The van der Waals surface area contributed by atoms with Crippen LogP contribution in [0, 0.1) is 5.92 Å². The number of carbonyl (C=O) groups is 2. The fourth-order valence-corrected chi connectivity index (χ4v) is 7.88. The van der Waals surface area contributed by atoms with Gasteiger partial charge in [0.25, 0.3) is 11.5 Å². The van der Waals surface area contributed by atoms with E-state index in [0.717, 1.165) is 29.2 Å². The van der Waals surface area contributed by atoms with Gasteiger partial charge >= 0.3 is 6.18 Å². The first-order valence-corrected chi connectivity index (χ1v) is 17.1. The molecule has 7 rings (SSSR count). The van der Waals surface area contributed by atoms with E-state index < -0.39 is 23.4 Å². The normalized spacial score (nSPS) is 19.5. The van der Waals surface area contributed by atoms with Crippen LogP contribution in [-0.2, 0) is 24.6 Å². The highest BCUT2D eigenvalue weighted by atomic mass is 32.1. The Labute approximate surface area is 288 Å². The SMILES string of the molecule is Cn1ccc2c(=O)n(CC3(O)CCN(C(=O)[C@@H]4CCN(C(=O)c5ncc(-c6ccnc(C(F)(F)F)c6)s5)C[C@H]4c4ccccc4)CC3)cnc21. The molecule has 2 amide bonds.